The number of aliphatic hydroxyl groups excluding tert-OH is 1. The normalized spacial score (nSPS) is 22.7. The first-order valence-electron chi connectivity index (χ1n) is 7.70. The van der Waals surface area contributed by atoms with E-state index in [2.05, 4.69) is 5.32 Å². The van der Waals surface area contributed by atoms with E-state index in [1.807, 2.05) is 0 Å². The molecule has 1 unspecified atom stereocenters. The van der Waals surface area contributed by atoms with E-state index in [0.717, 1.165) is 18.8 Å². The van der Waals surface area contributed by atoms with Gasteiger partial charge >= 0.3 is 0 Å². The molecule has 2 saturated carbocycles. The minimum atomic E-state index is 0.185. The van der Waals surface area contributed by atoms with Crippen molar-refractivity contribution in [3.05, 3.63) is 0 Å². The van der Waals surface area contributed by atoms with Gasteiger partial charge in [-0.3, -0.25) is 4.79 Å². The molecule has 2 rings (SSSR count). The van der Waals surface area contributed by atoms with Gasteiger partial charge in [0.25, 0.3) is 0 Å². The van der Waals surface area contributed by atoms with Crippen molar-refractivity contribution in [2.24, 2.45) is 11.8 Å². The second-order valence-corrected chi connectivity index (χ2v) is 6.07. The van der Waals surface area contributed by atoms with Crippen molar-refractivity contribution in [3.63, 3.8) is 0 Å². The highest BCUT2D eigenvalue weighted by molar-refractivity contribution is 5.76. The lowest BCUT2D eigenvalue weighted by atomic mass is 9.86. The molecular weight excluding hydrogens is 226 g/mol. The largest absolute Gasteiger partial charge is 0.396 e. The predicted molar refractivity (Wildman–Crippen MR) is 72.2 cm³/mol. The number of carbonyl (C=O) groups is 1. The van der Waals surface area contributed by atoms with Crippen molar-refractivity contribution in [1.82, 2.24) is 5.32 Å². The number of hydrogen-bond acceptors (Lipinski definition) is 2. The average Bonchev–Trinajstić information content (AvgIpc) is 3.21. The van der Waals surface area contributed by atoms with Crippen molar-refractivity contribution < 1.29 is 9.90 Å². The molecule has 0 bridgehead atoms. The lowest BCUT2D eigenvalue weighted by Gasteiger charge is -2.22. The lowest BCUT2D eigenvalue weighted by molar-refractivity contribution is -0.122. The summed E-state index contributed by atoms with van der Waals surface area (Å²) < 4.78 is 0. The third-order valence-electron chi connectivity index (χ3n) is 4.48. The van der Waals surface area contributed by atoms with Gasteiger partial charge in [-0.1, -0.05) is 32.1 Å². The van der Waals surface area contributed by atoms with Crippen LogP contribution in [-0.4, -0.2) is 23.7 Å². The Labute approximate surface area is 110 Å². The Morgan fingerprint density at radius 1 is 1.17 bits per heavy atom. The number of nitrogens with one attached hydrogen (secondary N) is 1. The Morgan fingerprint density at radius 3 is 2.50 bits per heavy atom. The van der Waals surface area contributed by atoms with Crippen LogP contribution in [0.15, 0.2) is 0 Å². The molecule has 2 fully saturated rings. The third kappa shape index (κ3) is 4.60. The zero-order valence-electron chi connectivity index (χ0n) is 11.4. The van der Waals surface area contributed by atoms with Crippen LogP contribution >= 0.6 is 0 Å². The van der Waals surface area contributed by atoms with Crippen molar-refractivity contribution in [3.8, 4) is 0 Å². The summed E-state index contributed by atoms with van der Waals surface area (Å²) in [6.07, 6.45) is 11.6. The van der Waals surface area contributed by atoms with Gasteiger partial charge in [0.05, 0.1) is 0 Å². The summed E-state index contributed by atoms with van der Waals surface area (Å²) in [5.74, 6) is 1.61. The van der Waals surface area contributed by atoms with Crippen molar-refractivity contribution in [1.29, 1.82) is 0 Å². The first-order valence-corrected chi connectivity index (χ1v) is 7.70. The van der Waals surface area contributed by atoms with Gasteiger partial charge in [-0.2, -0.15) is 0 Å². The maximum Gasteiger partial charge on any atom is 0.220 e. The molecule has 0 aromatic heterocycles. The highest BCUT2D eigenvalue weighted by atomic mass is 16.3. The molecule has 0 aromatic rings. The van der Waals surface area contributed by atoms with E-state index in [0.29, 0.717) is 12.3 Å². The minimum absolute atomic E-state index is 0.185. The molecule has 2 aliphatic carbocycles. The van der Waals surface area contributed by atoms with Gasteiger partial charge in [-0.25, -0.2) is 0 Å². The van der Waals surface area contributed by atoms with E-state index >= 15 is 0 Å². The van der Waals surface area contributed by atoms with Gasteiger partial charge in [0.15, 0.2) is 0 Å². The molecule has 0 heterocycles. The Balaban J connectivity index is 1.63. The van der Waals surface area contributed by atoms with E-state index in [9.17, 15) is 4.79 Å². The van der Waals surface area contributed by atoms with Gasteiger partial charge in [-0.05, 0) is 37.5 Å². The molecule has 3 heteroatoms. The Hall–Kier alpha value is -0.570. The van der Waals surface area contributed by atoms with E-state index in [1.165, 1.54) is 44.9 Å². The molecule has 1 atom stereocenters. The average molecular weight is 253 g/mol. The second kappa shape index (κ2) is 7.13. The summed E-state index contributed by atoms with van der Waals surface area (Å²) in [6, 6.07) is 0.230. The van der Waals surface area contributed by atoms with Crippen LogP contribution in [0.5, 0.6) is 0 Å². The molecule has 0 aromatic carbocycles. The predicted octanol–water partition coefficient (Wildman–Crippen LogP) is 2.62. The first kappa shape index (κ1) is 13.9. The van der Waals surface area contributed by atoms with E-state index in [4.69, 9.17) is 5.11 Å². The smallest absolute Gasteiger partial charge is 0.220 e. The monoisotopic (exact) mass is 253 g/mol. The topological polar surface area (TPSA) is 49.3 Å². The van der Waals surface area contributed by atoms with Gasteiger partial charge in [-0.15, -0.1) is 0 Å². The van der Waals surface area contributed by atoms with E-state index < -0.39 is 0 Å². The summed E-state index contributed by atoms with van der Waals surface area (Å²) in [4.78, 5) is 11.9. The Kier molecular flexibility index (Phi) is 5.48. The standard InChI is InChI=1S/C15H27NO2/c17-11-10-14(13-7-8-13)16-15(18)9-6-12-4-2-1-3-5-12/h12-14,17H,1-11H2,(H,16,18). The summed E-state index contributed by atoms with van der Waals surface area (Å²) in [7, 11) is 0. The second-order valence-electron chi connectivity index (χ2n) is 6.07. The summed E-state index contributed by atoms with van der Waals surface area (Å²) >= 11 is 0. The van der Waals surface area contributed by atoms with Gasteiger partial charge < -0.3 is 10.4 Å². The van der Waals surface area contributed by atoms with Gasteiger partial charge in [0.2, 0.25) is 5.91 Å². The Bertz CT molecular complexity index is 257. The van der Waals surface area contributed by atoms with E-state index in [-0.39, 0.29) is 18.6 Å². The minimum Gasteiger partial charge on any atom is -0.396 e. The van der Waals surface area contributed by atoms with Crippen LogP contribution in [-0.2, 0) is 4.79 Å². The number of hydrogen-bond donors (Lipinski definition) is 2. The summed E-state index contributed by atoms with van der Waals surface area (Å²) in [6.45, 7) is 0.185. The molecule has 18 heavy (non-hydrogen) atoms. The van der Waals surface area contributed by atoms with Crippen LogP contribution in [0.1, 0.15) is 64.2 Å². The highest BCUT2D eigenvalue weighted by Crippen LogP contribution is 2.34. The fourth-order valence-electron chi connectivity index (χ4n) is 3.15. The van der Waals surface area contributed by atoms with Crippen molar-refractivity contribution in [2.45, 2.75) is 70.3 Å². The molecule has 0 radical (unpaired) electrons. The molecule has 2 N–H and O–H groups in total. The maximum absolute atomic E-state index is 11.9. The Morgan fingerprint density at radius 2 is 1.89 bits per heavy atom. The molecule has 0 spiro atoms. The van der Waals surface area contributed by atoms with E-state index in [1.54, 1.807) is 0 Å². The van der Waals surface area contributed by atoms with Crippen LogP contribution in [0.4, 0.5) is 0 Å². The van der Waals surface area contributed by atoms with Crippen LogP contribution in [0, 0.1) is 11.8 Å². The van der Waals surface area contributed by atoms with Crippen LogP contribution in [0.25, 0.3) is 0 Å². The van der Waals surface area contributed by atoms with Crippen LogP contribution < -0.4 is 5.32 Å². The number of carbonyl (C=O) groups excluding carboxylic acids is 1. The molecule has 104 valence electrons. The molecule has 0 saturated heterocycles. The zero-order valence-corrected chi connectivity index (χ0v) is 11.4. The zero-order chi connectivity index (χ0) is 12.8. The fraction of sp³-hybridized carbons (Fsp3) is 0.933. The molecule has 1 amide bonds. The fourth-order valence-corrected chi connectivity index (χ4v) is 3.15. The molecule has 3 nitrogen and oxygen atoms in total. The number of amides is 1. The molecular formula is C15H27NO2. The van der Waals surface area contributed by atoms with Gasteiger partial charge in [0.1, 0.15) is 0 Å². The lowest BCUT2D eigenvalue weighted by Crippen LogP contribution is -2.37. The van der Waals surface area contributed by atoms with Gasteiger partial charge in [0, 0.05) is 19.1 Å². The van der Waals surface area contributed by atoms with Crippen molar-refractivity contribution >= 4 is 5.91 Å². The van der Waals surface area contributed by atoms with Crippen molar-refractivity contribution in [2.75, 3.05) is 6.61 Å². The summed E-state index contributed by atoms with van der Waals surface area (Å²) in [5, 5.41) is 12.1. The first-order chi connectivity index (χ1) is 8.79. The SMILES string of the molecule is O=C(CCC1CCCCC1)NC(CCO)C1CC1. The molecule has 0 aliphatic heterocycles. The quantitative estimate of drug-likeness (QED) is 0.733. The highest BCUT2D eigenvalue weighted by Gasteiger charge is 2.31. The third-order valence-corrected chi connectivity index (χ3v) is 4.48. The molecule has 2 aliphatic rings. The summed E-state index contributed by atoms with van der Waals surface area (Å²) in [5.41, 5.74) is 0. The number of rotatable bonds is 7. The number of aliphatic hydroxyl groups is 1. The maximum atomic E-state index is 11.9. The van der Waals surface area contributed by atoms with Crippen LogP contribution in [0.2, 0.25) is 0 Å². The van der Waals surface area contributed by atoms with Crippen LogP contribution in [0.3, 0.4) is 0 Å².